The number of nitrogens with zero attached hydrogens (tertiary/aromatic N) is 1. The second-order valence-electron chi connectivity index (χ2n) is 6.24. The third kappa shape index (κ3) is 2.66. The molecule has 1 saturated carbocycles. The van der Waals surface area contributed by atoms with E-state index in [1.165, 1.54) is 0 Å². The SMILES string of the molecule is Cc1c(S(=O)(=O)NC2CCCC(N)C2)c2ccccc2n1C. The molecule has 1 aliphatic carbocycles. The van der Waals surface area contributed by atoms with Gasteiger partial charge in [-0.05, 0) is 32.3 Å². The zero-order chi connectivity index (χ0) is 15.9. The topological polar surface area (TPSA) is 77.1 Å². The largest absolute Gasteiger partial charge is 0.347 e. The second-order valence-corrected chi connectivity index (χ2v) is 7.89. The van der Waals surface area contributed by atoms with Crippen molar-refractivity contribution in [2.75, 3.05) is 0 Å². The number of benzene rings is 1. The lowest BCUT2D eigenvalue weighted by Gasteiger charge is -2.27. The highest BCUT2D eigenvalue weighted by molar-refractivity contribution is 7.89. The molecule has 2 aromatic rings. The summed E-state index contributed by atoms with van der Waals surface area (Å²) in [4.78, 5) is 0.393. The second kappa shape index (κ2) is 5.68. The summed E-state index contributed by atoms with van der Waals surface area (Å²) >= 11 is 0. The van der Waals surface area contributed by atoms with Crippen LogP contribution in [0.25, 0.3) is 10.9 Å². The smallest absolute Gasteiger partial charge is 0.243 e. The van der Waals surface area contributed by atoms with Crippen molar-refractivity contribution in [3.63, 3.8) is 0 Å². The van der Waals surface area contributed by atoms with Crippen molar-refractivity contribution in [1.82, 2.24) is 9.29 Å². The average Bonchev–Trinajstić information content (AvgIpc) is 2.71. The lowest BCUT2D eigenvalue weighted by Crippen LogP contribution is -2.42. The Labute approximate surface area is 131 Å². The van der Waals surface area contributed by atoms with E-state index in [9.17, 15) is 8.42 Å². The van der Waals surface area contributed by atoms with E-state index in [1.807, 2.05) is 42.8 Å². The molecule has 1 aromatic heterocycles. The molecule has 5 nitrogen and oxygen atoms in total. The quantitative estimate of drug-likeness (QED) is 0.908. The van der Waals surface area contributed by atoms with Gasteiger partial charge in [0.1, 0.15) is 4.90 Å². The van der Waals surface area contributed by atoms with E-state index in [-0.39, 0.29) is 12.1 Å². The molecule has 0 saturated heterocycles. The van der Waals surface area contributed by atoms with Gasteiger partial charge in [0.25, 0.3) is 0 Å². The van der Waals surface area contributed by atoms with Crippen LogP contribution in [0.1, 0.15) is 31.4 Å². The summed E-state index contributed by atoms with van der Waals surface area (Å²) in [6.45, 7) is 1.85. The fraction of sp³-hybridized carbons (Fsp3) is 0.500. The van der Waals surface area contributed by atoms with Gasteiger partial charge in [-0.25, -0.2) is 13.1 Å². The Morgan fingerprint density at radius 3 is 2.73 bits per heavy atom. The lowest BCUT2D eigenvalue weighted by molar-refractivity contribution is 0.371. The van der Waals surface area contributed by atoms with Crippen molar-refractivity contribution in [2.24, 2.45) is 12.8 Å². The van der Waals surface area contributed by atoms with Gasteiger partial charge in [0.05, 0.1) is 0 Å². The van der Waals surface area contributed by atoms with Crippen molar-refractivity contribution < 1.29 is 8.42 Å². The maximum atomic E-state index is 12.9. The molecule has 0 radical (unpaired) electrons. The van der Waals surface area contributed by atoms with E-state index in [0.717, 1.165) is 35.9 Å². The first-order chi connectivity index (χ1) is 10.4. The Balaban J connectivity index is 2.01. The van der Waals surface area contributed by atoms with Gasteiger partial charge in [0.15, 0.2) is 0 Å². The fourth-order valence-electron chi connectivity index (χ4n) is 3.44. The molecule has 1 fully saturated rings. The Morgan fingerprint density at radius 1 is 1.27 bits per heavy atom. The molecule has 0 amide bonds. The van der Waals surface area contributed by atoms with Gasteiger partial charge < -0.3 is 10.3 Å². The number of sulfonamides is 1. The normalized spacial score (nSPS) is 23.0. The molecular formula is C16H23N3O2S. The van der Waals surface area contributed by atoms with E-state index in [2.05, 4.69) is 4.72 Å². The number of nitrogens with one attached hydrogen (secondary N) is 1. The number of para-hydroxylation sites is 1. The number of hydrogen-bond acceptors (Lipinski definition) is 3. The zero-order valence-corrected chi connectivity index (χ0v) is 13.9. The van der Waals surface area contributed by atoms with Crippen LogP contribution in [-0.2, 0) is 17.1 Å². The molecule has 3 N–H and O–H groups in total. The van der Waals surface area contributed by atoms with E-state index in [4.69, 9.17) is 5.73 Å². The maximum absolute atomic E-state index is 12.9. The lowest BCUT2D eigenvalue weighted by atomic mass is 9.92. The summed E-state index contributed by atoms with van der Waals surface area (Å²) in [7, 11) is -1.65. The first-order valence-corrected chi connectivity index (χ1v) is 9.20. The minimum absolute atomic E-state index is 0.0629. The molecule has 2 unspecified atom stereocenters. The predicted octanol–water partition coefficient (Wildman–Crippen LogP) is 2.03. The fourth-order valence-corrected chi connectivity index (χ4v) is 5.20. The van der Waals surface area contributed by atoms with Crippen LogP contribution < -0.4 is 10.5 Å². The molecule has 0 spiro atoms. The highest BCUT2D eigenvalue weighted by Crippen LogP contribution is 2.29. The number of aromatic nitrogens is 1. The van der Waals surface area contributed by atoms with Crippen LogP contribution >= 0.6 is 0 Å². The predicted molar refractivity (Wildman–Crippen MR) is 88.2 cm³/mol. The molecule has 1 aromatic carbocycles. The molecule has 0 bridgehead atoms. The zero-order valence-electron chi connectivity index (χ0n) is 13.0. The van der Waals surface area contributed by atoms with Crippen molar-refractivity contribution >= 4 is 20.9 Å². The van der Waals surface area contributed by atoms with Crippen LogP contribution in [-0.4, -0.2) is 25.1 Å². The van der Waals surface area contributed by atoms with Crippen LogP contribution in [0.4, 0.5) is 0 Å². The molecule has 2 atom stereocenters. The highest BCUT2D eigenvalue weighted by atomic mass is 32.2. The molecule has 1 aliphatic rings. The average molecular weight is 321 g/mol. The summed E-state index contributed by atoms with van der Waals surface area (Å²) in [5.74, 6) is 0. The molecule has 1 heterocycles. The summed E-state index contributed by atoms with van der Waals surface area (Å²) in [6.07, 6.45) is 3.52. The van der Waals surface area contributed by atoms with Crippen LogP contribution in [0.2, 0.25) is 0 Å². The van der Waals surface area contributed by atoms with Gasteiger partial charge in [-0.1, -0.05) is 24.6 Å². The molecule has 6 heteroatoms. The molecule has 0 aliphatic heterocycles. The van der Waals surface area contributed by atoms with Crippen molar-refractivity contribution in [3.05, 3.63) is 30.0 Å². The Morgan fingerprint density at radius 2 is 2.00 bits per heavy atom. The van der Waals surface area contributed by atoms with E-state index >= 15 is 0 Å². The number of nitrogens with two attached hydrogens (primary N) is 1. The molecule has 22 heavy (non-hydrogen) atoms. The number of hydrogen-bond donors (Lipinski definition) is 2. The Kier molecular flexibility index (Phi) is 4.01. The summed E-state index contributed by atoms with van der Waals surface area (Å²) in [5, 5.41) is 0.773. The van der Waals surface area contributed by atoms with E-state index < -0.39 is 10.0 Å². The first kappa shape index (κ1) is 15.5. The highest BCUT2D eigenvalue weighted by Gasteiger charge is 2.28. The van der Waals surface area contributed by atoms with Crippen molar-refractivity contribution in [3.8, 4) is 0 Å². The first-order valence-electron chi connectivity index (χ1n) is 7.72. The van der Waals surface area contributed by atoms with Crippen LogP contribution in [0.3, 0.4) is 0 Å². The number of rotatable bonds is 3. The summed E-state index contributed by atoms with van der Waals surface area (Å²) in [6, 6.07) is 7.63. The number of aryl methyl sites for hydroxylation is 1. The van der Waals surface area contributed by atoms with E-state index in [1.54, 1.807) is 0 Å². The molecular weight excluding hydrogens is 298 g/mol. The standard InChI is InChI=1S/C16H23N3O2S/c1-11-16(14-8-3-4-9-15(14)19(11)2)22(20,21)18-13-7-5-6-12(17)10-13/h3-4,8-9,12-13,18H,5-7,10,17H2,1-2H3. The summed E-state index contributed by atoms with van der Waals surface area (Å²) < 4.78 is 30.6. The van der Waals surface area contributed by atoms with Gasteiger partial charge >= 0.3 is 0 Å². The molecule has 3 rings (SSSR count). The van der Waals surface area contributed by atoms with Gasteiger partial charge in [-0.3, -0.25) is 0 Å². The third-order valence-electron chi connectivity index (χ3n) is 4.65. The van der Waals surface area contributed by atoms with Crippen molar-refractivity contribution in [1.29, 1.82) is 0 Å². The third-order valence-corrected chi connectivity index (χ3v) is 6.34. The molecule has 120 valence electrons. The van der Waals surface area contributed by atoms with Crippen LogP contribution in [0.5, 0.6) is 0 Å². The van der Waals surface area contributed by atoms with Gasteiger partial charge in [-0.15, -0.1) is 0 Å². The van der Waals surface area contributed by atoms with E-state index in [0.29, 0.717) is 11.3 Å². The van der Waals surface area contributed by atoms with Crippen LogP contribution in [0, 0.1) is 6.92 Å². The van der Waals surface area contributed by atoms with Crippen molar-refractivity contribution in [2.45, 2.75) is 49.6 Å². The number of fused-ring (bicyclic) bond motifs is 1. The van der Waals surface area contributed by atoms with Gasteiger partial charge in [0.2, 0.25) is 10.0 Å². The van der Waals surface area contributed by atoms with Gasteiger partial charge in [0, 0.05) is 35.7 Å². The van der Waals surface area contributed by atoms with Crippen LogP contribution in [0.15, 0.2) is 29.2 Å². The minimum atomic E-state index is -3.55. The maximum Gasteiger partial charge on any atom is 0.243 e. The monoisotopic (exact) mass is 321 g/mol. The Bertz CT molecular complexity index is 795. The summed E-state index contributed by atoms with van der Waals surface area (Å²) in [5.41, 5.74) is 7.66. The minimum Gasteiger partial charge on any atom is -0.347 e. The van der Waals surface area contributed by atoms with Gasteiger partial charge in [-0.2, -0.15) is 0 Å². The Hall–Kier alpha value is -1.37.